The molecule has 0 radical (unpaired) electrons. The molecule has 4 rings (SSSR count). The second-order valence-corrected chi connectivity index (χ2v) is 16.1. The standard InChI is InChI=1S/C37H43NO5Si/c1-28(27-42-44(37(2,3)4,32-13-7-5-8-14-32)33-15-9-6-10-16-33)34(22-24-39)36(41)21-18-29(35-17-11-12-23-38-35)25-30-19-20-31(26-40)43-30/h5-17,19-20,22-23,25,36,39-41H,1,18,21,24,26-27H2,2-4H3/b29-25-,34-22-. The first-order valence-corrected chi connectivity index (χ1v) is 16.8. The second kappa shape index (κ2) is 15.2. The number of rotatable bonds is 14. The number of aliphatic hydroxyl groups excluding tert-OH is 3. The van der Waals surface area contributed by atoms with Crippen molar-refractivity contribution in [3.8, 4) is 0 Å². The molecule has 230 valence electrons. The monoisotopic (exact) mass is 609 g/mol. The maximum atomic E-state index is 11.4. The first kappa shape index (κ1) is 33.0. The maximum Gasteiger partial charge on any atom is 0.261 e. The third kappa shape index (κ3) is 7.80. The van der Waals surface area contributed by atoms with Gasteiger partial charge in [-0.05, 0) is 75.3 Å². The molecule has 7 heteroatoms. The van der Waals surface area contributed by atoms with Gasteiger partial charge in [-0.15, -0.1) is 0 Å². The zero-order valence-corrected chi connectivity index (χ0v) is 26.8. The molecular weight excluding hydrogens is 566 g/mol. The summed E-state index contributed by atoms with van der Waals surface area (Å²) in [5, 5.41) is 32.9. The molecule has 4 aromatic rings. The Hall–Kier alpha value is -3.85. The lowest BCUT2D eigenvalue weighted by Crippen LogP contribution is -2.66. The molecule has 6 nitrogen and oxygen atoms in total. The summed E-state index contributed by atoms with van der Waals surface area (Å²) in [5.41, 5.74) is 2.83. The normalized spacial score (nSPS) is 13.6. The van der Waals surface area contributed by atoms with Crippen molar-refractivity contribution in [1.82, 2.24) is 4.98 Å². The van der Waals surface area contributed by atoms with E-state index < -0.39 is 14.4 Å². The van der Waals surface area contributed by atoms with E-state index in [9.17, 15) is 15.3 Å². The zero-order chi connectivity index (χ0) is 31.6. The molecule has 2 aromatic heterocycles. The highest BCUT2D eigenvalue weighted by atomic mass is 28.4. The van der Waals surface area contributed by atoms with Crippen LogP contribution >= 0.6 is 0 Å². The largest absolute Gasteiger partial charge is 0.459 e. The molecule has 0 saturated carbocycles. The highest BCUT2D eigenvalue weighted by molar-refractivity contribution is 6.99. The van der Waals surface area contributed by atoms with Gasteiger partial charge in [-0.2, -0.15) is 0 Å². The quantitative estimate of drug-likeness (QED) is 0.122. The number of allylic oxidation sites excluding steroid dienone is 1. The lowest BCUT2D eigenvalue weighted by atomic mass is 9.95. The topological polar surface area (TPSA) is 96.0 Å². The van der Waals surface area contributed by atoms with Crippen LogP contribution in [-0.4, -0.2) is 47.9 Å². The Bertz CT molecular complexity index is 1500. The van der Waals surface area contributed by atoms with Crippen molar-refractivity contribution < 1.29 is 24.2 Å². The molecule has 2 aromatic carbocycles. The van der Waals surface area contributed by atoms with Gasteiger partial charge in [0.15, 0.2) is 0 Å². The molecule has 0 saturated heterocycles. The van der Waals surface area contributed by atoms with Gasteiger partial charge < -0.3 is 24.2 Å². The van der Waals surface area contributed by atoms with Crippen molar-refractivity contribution >= 4 is 30.3 Å². The summed E-state index contributed by atoms with van der Waals surface area (Å²) in [5.74, 6) is 1.07. The van der Waals surface area contributed by atoms with Crippen LogP contribution in [0.1, 0.15) is 50.8 Å². The number of hydrogen-bond acceptors (Lipinski definition) is 6. The third-order valence-electron chi connectivity index (χ3n) is 7.79. The molecule has 0 aliphatic carbocycles. The smallest absolute Gasteiger partial charge is 0.261 e. The number of nitrogens with zero attached hydrogens (tertiary/aromatic N) is 1. The van der Waals surface area contributed by atoms with Crippen molar-refractivity contribution in [2.24, 2.45) is 0 Å². The van der Waals surface area contributed by atoms with Crippen LogP contribution in [0.2, 0.25) is 5.04 Å². The predicted molar refractivity (Wildman–Crippen MR) is 180 cm³/mol. The van der Waals surface area contributed by atoms with Crippen LogP contribution in [0.15, 0.2) is 125 Å². The van der Waals surface area contributed by atoms with Crippen molar-refractivity contribution in [3.63, 3.8) is 0 Å². The van der Waals surface area contributed by atoms with Crippen LogP contribution < -0.4 is 10.4 Å². The number of aliphatic hydroxyl groups is 3. The molecule has 0 spiro atoms. The zero-order valence-electron chi connectivity index (χ0n) is 25.8. The maximum absolute atomic E-state index is 11.4. The average molecular weight is 610 g/mol. The van der Waals surface area contributed by atoms with Crippen LogP contribution in [0.25, 0.3) is 11.6 Å². The molecular formula is C37H43NO5Si. The van der Waals surface area contributed by atoms with E-state index >= 15 is 0 Å². The molecule has 1 unspecified atom stereocenters. The predicted octanol–water partition coefficient (Wildman–Crippen LogP) is 5.90. The van der Waals surface area contributed by atoms with Gasteiger partial charge >= 0.3 is 0 Å². The Morgan fingerprint density at radius 1 is 0.932 bits per heavy atom. The molecule has 0 aliphatic rings. The number of pyridine rings is 1. The summed E-state index contributed by atoms with van der Waals surface area (Å²) in [6.07, 6.45) is 5.17. The van der Waals surface area contributed by atoms with Gasteiger partial charge in [0.1, 0.15) is 18.1 Å². The first-order valence-electron chi connectivity index (χ1n) is 14.9. The highest BCUT2D eigenvalue weighted by Gasteiger charge is 2.50. The average Bonchev–Trinajstić information content (AvgIpc) is 3.50. The molecule has 0 bridgehead atoms. The Morgan fingerprint density at radius 3 is 2.09 bits per heavy atom. The van der Waals surface area contributed by atoms with E-state index in [1.165, 1.54) is 0 Å². The van der Waals surface area contributed by atoms with E-state index in [1.54, 1.807) is 24.4 Å². The van der Waals surface area contributed by atoms with E-state index in [2.05, 4.69) is 56.6 Å². The summed E-state index contributed by atoms with van der Waals surface area (Å²) in [6.45, 7) is 10.8. The van der Waals surface area contributed by atoms with Gasteiger partial charge in [-0.1, -0.05) is 100 Å². The van der Waals surface area contributed by atoms with E-state index in [0.717, 1.165) is 21.6 Å². The summed E-state index contributed by atoms with van der Waals surface area (Å²) in [4.78, 5) is 4.50. The minimum Gasteiger partial charge on any atom is -0.459 e. The summed E-state index contributed by atoms with van der Waals surface area (Å²) in [7, 11) is -2.82. The van der Waals surface area contributed by atoms with Gasteiger partial charge in [-0.3, -0.25) is 4.98 Å². The van der Waals surface area contributed by atoms with Gasteiger partial charge in [0.25, 0.3) is 8.32 Å². The molecule has 2 heterocycles. The Balaban J connectivity index is 1.58. The van der Waals surface area contributed by atoms with Crippen molar-refractivity contribution in [1.29, 1.82) is 0 Å². The first-order chi connectivity index (χ1) is 21.2. The van der Waals surface area contributed by atoms with Crippen LogP contribution in [0.5, 0.6) is 0 Å². The SMILES string of the molecule is C=C(CO[Si](c1ccccc1)(c1ccccc1)C(C)(C)C)/C(=C/CO)C(O)CC/C(=C/c1ccc(CO)o1)c1ccccn1. The minimum atomic E-state index is -2.82. The van der Waals surface area contributed by atoms with E-state index in [1.807, 2.05) is 60.7 Å². The Kier molecular flexibility index (Phi) is 11.4. The van der Waals surface area contributed by atoms with Gasteiger partial charge in [-0.25, -0.2) is 0 Å². The van der Waals surface area contributed by atoms with E-state index in [0.29, 0.717) is 35.5 Å². The fraction of sp³-hybridized carbons (Fsp3) is 0.270. The Morgan fingerprint density at radius 2 is 1.57 bits per heavy atom. The molecule has 3 N–H and O–H groups in total. The fourth-order valence-corrected chi connectivity index (χ4v) is 10.2. The number of benzene rings is 2. The number of furan rings is 1. The van der Waals surface area contributed by atoms with Crippen molar-refractivity contribution in [2.45, 2.75) is 51.4 Å². The molecule has 0 amide bonds. The Labute approximate surface area is 261 Å². The van der Waals surface area contributed by atoms with Crippen molar-refractivity contribution in [3.05, 3.63) is 138 Å². The van der Waals surface area contributed by atoms with Crippen LogP contribution in [-0.2, 0) is 11.0 Å². The molecule has 0 fully saturated rings. The molecule has 44 heavy (non-hydrogen) atoms. The highest BCUT2D eigenvalue weighted by Crippen LogP contribution is 2.37. The molecule has 1 atom stereocenters. The van der Waals surface area contributed by atoms with Gasteiger partial charge in [0.2, 0.25) is 0 Å². The minimum absolute atomic E-state index is 0.182. The van der Waals surface area contributed by atoms with Crippen LogP contribution in [0.3, 0.4) is 0 Å². The summed E-state index contributed by atoms with van der Waals surface area (Å²) < 4.78 is 12.7. The van der Waals surface area contributed by atoms with Gasteiger partial charge in [0.05, 0.1) is 25.0 Å². The van der Waals surface area contributed by atoms with Crippen LogP contribution in [0, 0.1) is 0 Å². The summed E-state index contributed by atoms with van der Waals surface area (Å²) >= 11 is 0. The fourth-order valence-electron chi connectivity index (χ4n) is 5.66. The summed E-state index contributed by atoms with van der Waals surface area (Å²) in [6, 6.07) is 30.0. The lowest BCUT2D eigenvalue weighted by molar-refractivity contribution is 0.199. The second-order valence-electron chi connectivity index (χ2n) is 11.8. The third-order valence-corrected chi connectivity index (χ3v) is 12.8. The number of aromatic nitrogens is 1. The van der Waals surface area contributed by atoms with E-state index in [4.69, 9.17) is 8.84 Å². The van der Waals surface area contributed by atoms with Gasteiger partial charge in [0, 0.05) is 6.20 Å². The van der Waals surface area contributed by atoms with Crippen LogP contribution in [0.4, 0.5) is 0 Å². The van der Waals surface area contributed by atoms with Crippen molar-refractivity contribution in [2.75, 3.05) is 13.2 Å². The lowest BCUT2D eigenvalue weighted by Gasteiger charge is -2.43. The number of hydrogen-bond donors (Lipinski definition) is 3. The van der Waals surface area contributed by atoms with E-state index in [-0.39, 0.29) is 24.9 Å². The molecule has 0 aliphatic heterocycles.